The highest BCUT2D eigenvalue weighted by Gasteiger charge is 2.24. The van der Waals surface area contributed by atoms with Crippen LogP contribution in [-0.4, -0.2) is 46.9 Å². The van der Waals surface area contributed by atoms with E-state index >= 15 is 0 Å². The van der Waals surface area contributed by atoms with E-state index in [4.69, 9.17) is 4.74 Å². The van der Waals surface area contributed by atoms with Crippen LogP contribution in [0.15, 0.2) is 72.9 Å². The monoisotopic (exact) mass is 824 g/mol. The lowest BCUT2D eigenvalue weighted by Gasteiger charge is -2.24. The fourth-order valence-electron chi connectivity index (χ4n) is 7.12. The molecular weight excluding hydrogens is 731 g/mol. The minimum Gasteiger partial charge on any atom is -0.462 e. The molecule has 0 radical (unpaired) electrons. The molecule has 0 spiro atoms. The highest BCUT2D eigenvalue weighted by atomic mass is 16.5. The number of allylic oxidation sites excluding steroid dienone is 12. The van der Waals surface area contributed by atoms with Gasteiger partial charge in [0.1, 0.15) is 6.10 Å². The van der Waals surface area contributed by atoms with Crippen molar-refractivity contribution in [2.45, 2.75) is 244 Å². The summed E-state index contributed by atoms with van der Waals surface area (Å²) in [6.07, 6.45) is 58.1. The van der Waals surface area contributed by atoms with Crippen LogP contribution >= 0.6 is 0 Å². The SMILES string of the molecule is CC/C=C/C=C/C=C\C=C/CCCCCC(=O)OC(CCCCCCCCC/C=C\C/C=C\CCCCC)CC(=O)NC(CO)C(O)CCCCCCCCCCCC. The van der Waals surface area contributed by atoms with E-state index in [1.807, 2.05) is 30.4 Å². The van der Waals surface area contributed by atoms with Crippen LogP contribution < -0.4 is 5.32 Å². The fourth-order valence-corrected chi connectivity index (χ4v) is 7.12. The number of carbonyl (C=O) groups excluding carboxylic acids is 2. The number of aliphatic hydroxyl groups is 2. The standard InChI is InChI=1S/C53H93NO5/c1-4-7-10-13-16-19-22-24-25-26-27-29-30-32-35-38-41-44-49(59-53(58)46-43-40-37-34-31-28-23-20-17-14-11-8-5-2)47-52(57)54-50(48-55)51(56)45-42-39-36-33-21-18-15-12-9-6-3/h8,11,14,16-17,19-20,23-25,28,31,49-51,55-56H,4-7,9-10,12-13,15,18,21-22,26-27,29-30,32-48H2,1-3H3,(H,54,57)/b11-8+,17-14+,19-16-,23-20-,25-24-,31-28-. The Morgan fingerprint density at radius 1 is 0.525 bits per heavy atom. The zero-order valence-electron chi connectivity index (χ0n) is 38.6. The lowest BCUT2D eigenvalue weighted by molar-refractivity contribution is -0.151. The van der Waals surface area contributed by atoms with Gasteiger partial charge in [-0.2, -0.15) is 0 Å². The molecule has 59 heavy (non-hydrogen) atoms. The Kier molecular flexibility index (Phi) is 44.2. The van der Waals surface area contributed by atoms with Crippen LogP contribution in [0.5, 0.6) is 0 Å². The van der Waals surface area contributed by atoms with Gasteiger partial charge in [-0.3, -0.25) is 9.59 Å². The predicted octanol–water partition coefficient (Wildman–Crippen LogP) is 14.6. The maximum absolute atomic E-state index is 13.2. The van der Waals surface area contributed by atoms with Crippen molar-refractivity contribution in [1.82, 2.24) is 5.32 Å². The van der Waals surface area contributed by atoms with Crippen LogP contribution in [0, 0.1) is 0 Å². The Hall–Kier alpha value is -2.70. The van der Waals surface area contributed by atoms with Gasteiger partial charge in [0.15, 0.2) is 0 Å². The zero-order valence-corrected chi connectivity index (χ0v) is 38.6. The smallest absolute Gasteiger partial charge is 0.306 e. The quantitative estimate of drug-likeness (QED) is 0.0246. The second-order valence-corrected chi connectivity index (χ2v) is 16.6. The Balaban J connectivity index is 4.68. The largest absolute Gasteiger partial charge is 0.462 e. The molecule has 3 atom stereocenters. The Morgan fingerprint density at radius 2 is 0.983 bits per heavy atom. The second kappa shape index (κ2) is 46.4. The number of ether oxygens (including phenoxy) is 1. The number of aliphatic hydroxyl groups excluding tert-OH is 2. The van der Waals surface area contributed by atoms with E-state index in [0.717, 1.165) is 83.5 Å². The van der Waals surface area contributed by atoms with E-state index in [-0.39, 0.29) is 24.9 Å². The van der Waals surface area contributed by atoms with Gasteiger partial charge in [-0.1, -0.05) is 209 Å². The van der Waals surface area contributed by atoms with Crippen molar-refractivity contribution in [1.29, 1.82) is 0 Å². The van der Waals surface area contributed by atoms with Gasteiger partial charge in [0.2, 0.25) is 5.91 Å². The van der Waals surface area contributed by atoms with Crippen molar-refractivity contribution >= 4 is 11.9 Å². The highest BCUT2D eigenvalue weighted by molar-refractivity contribution is 5.77. The zero-order chi connectivity index (χ0) is 43.1. The first kappa shape index (κ1) is 56.3. The van der Waals surface area contributed by atoms with Crippen LogP contribution in [0.1, 0.15) is 226 Å². The van der Waals surface area contributed by atoms with Crippen molar-refractivity contribution in [3.63, 3.8) is 0 Å². The Morgan fingerprint density at radius 3 is 1.56 bits per heavy atom. The van der Waals surface area contributed by atoms with Gasteiger partial charge in [0.05, 0.1) is 25.2 Å². The molecule has 3 unspecified atom stereocenters. The molecule has 0 aromatic rings. The van der Waals surface area contributed by atoms with Crippen LogP contribution in [-0.2, 0) is 14.3 Å². The van der Waals surface area contributed by atoms with Gasteiger partial charge in [0.25, 0.3) is 0 Å². The van der Waals surface area contributed by atoms with E-state index in [1.165, 1.54) is 96.3 Å². The third-order valence-electron chi connectivity index (χ3n) is 10.9. The summed E-state index contributed by atoms with van der Waals surface area (Å²) in [6, 6.07) is -0.714. The van der Waals surface area contributed by atoms with Crippen molar-refractivity contribution in [2.75, 3.05) is 6.61 Å². The number of unbranched alkanes of at least 4 members (excludes halogenated alkanes) is 22. The minimum absolute atomic E-state index is 0.0533. The summed E-state index contributed by atoms with van der Waals surface area (Å²) in [4.78, 5) is 26.1. The number of hydrogen-bond acceptors (Lipinski definition) is 5. The van der Waals surface area contributed by atoms with E-state index in [1.54, 1.807) is 0 Å². The van der Waals surface area contributed by atoms with Gasteiger partial charge in [0, 0.05) is 6.42 Å². The molecule has 340 valence electrons. The molecule has 0 rings (SSSR count). The summed E-state index contributed by atoms with van der Waals surface area (Å²) in [5.41, 5.74) is 0. The summed E-state index contributed by atoms with van der Waals surface area (Å²) in [5.74, 6) is -0.531. The van der Waals surface area contributed by atoms with Gasteiger partial charge >= 0.3 is 5.97 Å². The molecule has 0 saturated heterocycles. The molecule has 0 fully saturated rings. The average Bonchev–Trinajstić information content (AvgIpc) is 3.23. The van der Waals surface area contributed by atoms with Crippen LogP contribution in [0.2, 0.25) is 0 Å². The first-order chi connectivity index (χ1) is 29.0. The maximum Gasteiger partial charge on any atom is 0.306 e. The van der Waals surface area contributed by atoms with Gasteiger partial charge in [-0.15, -0.1) is 0 Å². The summed E-state index contributed by atoms with van der Waals surface area (Å²) in [6.45, 7) is 6.29. The maximum atomic E-state index is 13.2. The third-order valence-corrected chi connectivity index (χ3v) is 10.9. The van der Waals surface area contributed by atoms with Crippen LogP contribution in [0.25, 0.3) is 0 Å². The van der Waals surface area contributed by atoms with E-state index in [2.05, 4.69) is 68.6 Å². The minimum atomic E-state index is -0.798. The van der Waals surface area contributed by atoms with E-state index < -0.39 is 18.2 Å². The number of carbonyl (C=O) groups is 2. The highest BCUT2D eigenvalue weighted by Crippen LogP contribution is 2.17. The summed E-state index contributed by atoms with van der Waals surface area (Å²) in [7, 11) is 0. The number of nitrogens with one attached hydrogen (secondary N) is 1. The van der Waals surface area contributed by atoms with E-state index in [0.29, 0.717) is 19.3 Å². The number of amides is 1. The predicted molar refractivity (Wildman–Crippen MR) is 255 cm³/mol. The topological polar surface area (TPSA) is 95.9 Å². The molecule has 1 amide bonds. The second-order valence-electron chi connectivity index (χ2n) is 16.6. The number of rotatable bonds is 43. The Bertz CT molecular complexity index is 1110. The first-order valence-electron chi connectivity index (χ1n) is 24.7. The average molecular weight is 824 g/mol. The van der Waals surface area contributed by atoms with Gasteiger partial charge < -0.3 is 20.3 Å². The van der Waals surface area contributed by atoms with Crippen molar-refractivity contribution in [3.8, 4) is 0 Å². The molecule has 6 heteroatoms. The number of hydrogen-bond donors (Lipinski definition) is 3. The van der Waals surface area contributed by atoms with Crippen LogP contribution in [0.4, 0.5) is 0 Å². The molecule has 0 heterocycles. The first-order valence-corrected chi connectivity index (χ1v) is 24.7. The molecule has 0 aromatic heterocycles. The summed E-state index contributed by atoms with van der Waals surface area (Å²) in [5, 5.41) is 23.7. The molecule has 0 bridgehead atoms. The summed E-state index contributed by atoms with van der Waals surface area (Å²) < 4.78 is 5.90. The lowest BCUT2D eigenvalue weighted by Crippen LogP contribution is -2.46. The molecule has 0 aliphatic rings. The van der Waals surface area contributed by atoms with Gasteiger partial charge in [-0.25, -0.2) is 0 Å². The van der Waals surface area contributed by atoms with Crippen LogP contribution in [0.3, 0.4) is 0 Å². The lowest BCUT2D eigenvalue weighted by atomic mass is 10.0. The molecule has 0 saturated carbocycles. The van der Waals surface area contributed by atoms with E-state index in [9.17, 15) is 19.8 Å². The van der Waals surface area contributed by atoms with Crippen molar-refractivity contribution < 1.29 is 24.5 Å². The molecular formula is C53H93NO5. The fraction of sp³-hybridized carbons (Fsp3) is 0.736. The number of esters is 1. The van der Waals surface area contributed by atoms with Crippen molar-refractivity contribution in [2.24, 2.45) is 0 Å². The third kappa shape index (κ3) is 41.8. The molecule has 0 aliphatic carbocycles. The molecule has 3 N–H and O–H groups in total. The van der Waals surface area contributed by atoms with Crippen molar-refractivity contribution in [3.05, 3.63) is 72.9 Å². The normalized spacial score (nSPS) is 13.9. The molecule has 0 aliphatic heterocycles. The molecule has 6 nitrogen and oxygen atoms in total. The van der Waals surface area contributed by atoms with Gasteiger partial charge in [-0.05, 0) is 77.0 Å². The molecule has 0 aromatic carbocycles. The summed E-state index contributed by atoms with van der Waals surface area (Å²) >= 11 is 0. The Labute approximate surface area is 364 Å².